The van der Waals surface area contributed by atoms with E-state index in [4.69, 9.17) is 4.74 Å². The highest BCUT2D eigenvalue weighted by molar-refractivity contribution is 5.85. The van der Waals surface area contributed by atoms with Gasteiger partial charge < -0.3 is 19.5 Å². The fourth-order valence-electron chi connectivity index (χ4n) is 1.03. The first-order chi connectivity index (χ1) is 7.09. The molecule has 0 aliphatic carbocycles. The SMILES string of the molecule is CN(C)CCOc1ccc(C(=O)[O-])cc1. The summed E-state index contributed by atoms with van der Waals surface area (Å²) in [6.07, 6.45) is 0. The van der Waals surface area contributed by atoms with Gasteiger partial charge in [0.05, 0.1) is 5.97 Å². The molecule has 0 aromatic heterocycles. The van der Waals surface area contributed by atoms with Crippen molar-refractivity contribution in [3.8, 4) is 5.75 Å². The second kappa shape index (κ2) is 5.36. The van der Waals surface area contributed by atoms with Crippen LogP contribution in [0.5, 0.6) is 5.75 Å². The zero-order valence-corrected chi connectivity index (χ0v) is 8.90. The minimum atomic E-state index is -1.17. The number of nitrogens with zero attached hydrogens (tertiary/aromatic N) is 1. The molecule has 0 heterocycles. The van der Waals surface area contributed by atoms with Crippen LogP contribution in [0.15, 0.2) is 24.3 Å². The van der Waals surface area contributed by atoms with Gasteiger partial charge in [0, 0.05) is 6.54 Å². The molecule has 15 heavy (non-hydrogen) atoms. The van der Waals surface area contributed by atoms with Crippen LogP contribution in [0.3, 0.4) is 0 Å². The molecule has 0 N–H and O–H groups in total. The third-order valence-electron chi connectivity index (χ3n) is 1.90. The average Bonchev–Trinajstić information content (AvgIpc) is 2.18. The van der Waals surface area contributed by atoms with Gasteiger partial charge in [0.25, 0.3) is 0 Å². The summed E-state index contributed by atoms with van der Waals surface area (Å²) in [4.78, 5) is 12.5. The van der Waals surface area contributed by atoms with E-state index in [9.17, 15) is 9.90 Å². The lowest BCUT2D eigenvalue weighted by atomic mass is 10.2. The van der Waals surface area contributed by atoms with Crippen molar-refractivity contribution >= 4 is 5.97 Å². The molecule has 0 aliphatic rings. The second-order valence-electron chi connectivity index (χ2n) is 3.46. The number of rotatable bonds is 5. The molecule has 0 saturated carbocycles. The van der Waals surface area contributed by atoms with Gasteiger partial charge in [-0.3, -0.25) is 0 Å². The molecular weight excluding hydrogens is 194 g/mol. The number of ether oxygens (including phenoxy) is 1. The van der Waals surface area contributed by atoms with Crippen LogP contribution in [0.25, 0.3) is 0 Å². The molecule has 0 aliphatic heterocycles. The van der Waals surface area contributed by atoms with E-state index in [0.29, 0.717) is 12.4 Å². The van der Waals surface area contributed by atoms with Crippen LogP contribution < -0.4 is 9.84 Å². The highest BCUT2D eigenvalue weighted by atomic mass is 16.5. The predicted octanol–water partition coefficient (Wildman–Crippen LogP) is -0.00950. The molecule has 0 amide bonds. The molecule has 0 unspecified atom stereocenters. The Morgan fingerprint density at radius 3 is 2.40 bits per heavy atom. The molecule has 0 fully saturated rings. The standard InChI is InChI=1S/C11H15NO3/c1-12(2)7-8-15-10-5-3-9(4-6-10)11(13)14/h3-6H,7-8H2,1-2H3,(H,13,14)/p-1. The molecule has 1 aromatic rings. The van der Waals surface area contributed by atoms with Gasteiger partial charge in [-0.1, -0.05) is 0 Å². The van der Waals surface area contributed by atoms with Crippen molar-refractivity contribution in [3.05, 3.63) is 29.8 Å². The molecule has 1 aromatic carbocycles. The summed E-state index contributed by atoms with van der Waals surface area (Å²) in [6, 6.07) is 6.20. The number of carboxylic acid groups (broad SMARTS) is 1. The number of aromatic carboxylic acids is 1. The van der Waals surface area contributed by atoms with Gasteiger partial charge in [0.15, 0.2) is 0 Å². The van der Waals surface area contributed by atoms with Crippen molar-refractivity contribution in [1.82, 2.24) is 4.90 Å². The molecule has 4 nitrogen and oxygen atoms in total. The van der Waals surface area contributed by atoms with Gasteiger partial charge in [-0.05, 0) is 43.9 Å². The lowest BCUT2D eigenvalue weighted by molar-refractivity contribution is -0.255. The fraction of sp³-hybridized carbons (Fsp3) is 0.364. The van der Waals surface area contributed by atoms with Crippen LogP contribution in [0.1, 0.15) is 10.4 Å². The molecule has 82 valence electrons. The van der Waals surface area contributed by atoms with Crippen molar-refractivity contribution < 1.29 is 14.6 Å². The van der Waals surface area contributed by atoms with Crippen molar-refractivity contribution in [2.75, 3.05) is 27.2 Å². The summed E-state index contributed by atoms with van der Waals surface area (Å²) in [5.74, 6) is -0.503. The monoisotopic (exact) mass is 208 g/mol. The summed E-state index contributed by atoms with van der Waals surface area (Å²) >= 11 is 0. The molecular formula is C11H14NO3-. The van der Waals surface area contributed by atoms with Crippen molar-refractivity contribution in [2.24, 2.45) is 0 Å². The van der Waals surface area contributed by atoms with Crippen molar-refractivity contribution in [2.45, 2.75) is 0 Å². The zero-order valence-electron chi connectivity index (χ0n) is 8.90. The number of benzene rings is 1. The van der Waals surface area contributed by atoms with E-state index in [2.05, 4.69) is 0 Å². The van der Waals surface area contributed by atoms with E-state index in [1.165, 1.54) is 12.1 Å². The van der Waals surface area contributed by atoms with E-state index in [1.807, 2.05) is 19.0 Å². The topological polar surface area (TPSA) is 52.6 Å². The van der Waals surface area contributed by atoms with Crippen molar-refractivity contribution in [1.29, 1.82) is 0 Å². The normalized spacial score (nSPS) is 10.3. The van der Waals surface area contributed by atoms with Gasteiger partial charge >= 0.3 is 0 Å². The predicted molar refractivity (Wildman–Crippen MR) is 54.8 cm³/mol. The maximum Gasteiger partial charge on any atom is 0.119 e. The van der Waals surface area contributed by atoms with Gasteiger partial charge in [-0.15, -0.1) is 0 Å². The number of carboxylic acids is 1. The minimum absolute atomic E-state index is 0.162. The lowest BCUT2D eigenvalue weighted by Gasteiger charge is -2.11. The number of hydrogen-bond donors (Lipinski definition) is 0. The van der Waals surface area contributed by atoms with E-state index in [-0.39, 0.29) is 5.56 Å². The maximum absolute atomic E-state index is 10.5. The van der Waals surface area contributed by atoms with E-state index < -0.39 is 5.97 Å². The molecule has 0 atom stereocenters. The Morgan fingerprint density at radius 1 is 1.33 bits per heavy atom. The fourth-order valence-corrected chi connectivity index (χ4v) is 1.03. The Balaban J connectivity index is 2.46. The highest BCUT2D eigenvalue weighted by Crippen LogP contribution is 2.11. The molecule has 0 radical (unpaired) electrons. The minimum Gasteiger partial charge on any atom is -0.545 e. The van der Waals surface area contributed by atoms with Crippen LogP contribution in [-0.4, -0.2) is 38.1 Å². The Hall–Kier alpha value is -1.55. The number of hydrogen-bond acceptors (Lipinski definition) is 4. The summed E-state index contributed by atoms with van der Waals surface area (Å²) in [7, 11) is 3.92. The summed E-state index contributed by atoms with van der Waals surface area (Å²) in [6.45, 7) is 1.40. The van der Waals surface area contributed by atoms with Crippen molar-refractivity contribution in [3.63, 3.8) is 0 Å². The Bertz CT molecular complexity index is 319. The smallest absolute Gasteiger partial charge is 0.119 e. The van der Waals surface area contributed by atoms with Crippen LogP contribution >= 0.6 is 0 Å². The zero-order chi connectivity index (χ0) is 11.3. The summed E-state index contributed by atoms with van der Waals surface area (Å²) in [5.41, 5.74) is 0.162. The van der Waals surface area contributed by atoms with Crippen LogP contribution in [0.2, 0.25) is 0 Å². The van der Waals surface area contributed by atoms with Gasteiger partial charge in [-0.25, -0.2) is 0 Å². The first kappa shape index (κ1) is 11.5. The highest BCUT2D eigenvalue weighted by Gasteiger charge is 1.96. The Labute approximate surface area is 89.1 Å². The number of carbonyl (C=O) groups is 1. The van der Waals surface area contributed by atoms with Gasteiger partial charge in [0.2, 0.25) is 0 Å². The third kappa shape index (κ3) is 3.99. The van der Waals surface area contributed by atoms with Crippen LogP contribution in [0.4, 0.5) is 0 Å². The lowest BCUT2D eigenvalue weighted by Crippen LogP contribution is -2.22. The van der Waals surface area contributed by atoms with Gasteiger partial charge in [-0.2, -0.15) is 0 Å². The molecule has 1 rings (SSSR count). The summed E-state index contributed by atoms with van der Waals surface area (Å²) in [5, 5.41) is 10.5. The van der Waals surface area contributed by atoms with E-state index in [1.54, 1.807) is 12.1 Å². The molecule has 4 heteroatoms. The first-order valence-electron chi connectivity index (χ1n) is 4.68. The van der Waals surface area contributed by atoms with Crippen LogP contribution in [0, 0.1) is 0 Å². The Kier molecular flexibility index (Phi) is 4.12. The third-order valence-corrected chi connectivity index (χ3v) is 1.90. The Morgan fingerprint density at radius 2 is 1.93 bits per heavy atom. The maximum atomic E-state index is 10.5. The largest absolute Gasteiger partial charge is 0.545 e. The van der Waals surface area contributed by atoms with Crippen LogP contribution in [-0.2, 0) is 0 Å². The average molecular weight is 208 g/mol. The second-order valence-corrected chi connectivity index (χ2v) is 3.46. The van der Waals surface area contributed by atoms with E-state index >= 15 is 0 Å². The van der Waals surface area contributed by atoms with E-state index in [0.717, 1.165) is 6.54 Å². The quantitative estimate of drug-likeness (QED) is 0.683. The molecule has 0 bridgehead atoms. The summed E-state index contributed by atoms with van der Waals surface area (Å²) < 4.78 is 5.40. The molecule has 0 saturated heterocycles. The molecule has 0 spiro atoms. The first-order valence-corrected chi connectivity index (χ1v) is 4.68. The number of likely N-dealkylation sites (N-methyl/N-ethyl adjacent to an activating group) is 1. The van der Waals surface area contributed by atoms with Gasteiger partial charge in [0.1, 0.15) is 12.4 Å². The number of carbonyl (C=O) groups excluding carboxylic acids is 1.